The van der Waals surface area contributed by atoms with E-state index in [1.165, 1.54) is 11.1 Å². The number of aromatic nitrogens is 2. The SMILES string of the molecule is CCc1cn2ccc(-c3ccccc3)cc2n1. The summed E-state index contributed by atoms with van der Waals surface area (Å²) in [6, 6.07) is 14.7. The van der Waals surface area contributed by atoms with Crippen LogP contribution in [0.5, 0.6) is 0 Å². The van der Waals surface area contributed by atoms with E-state index < -0.39 is 0 Å². The van der Waals surface area contributed by atoms with Gasteiger partial charge in [-0.2, -0.15) is 0 Å². The molecule has 0 saturated heterocycles. The minimum Gasteiger partial charge on any atom is -0.307 e. The molecule has 2 heterocycles. The highest BCUT2D eigenvalue weighted by atomic mass is 15.0. The molecule has 2 aromatic heterocycles. The Kier molecular flexibility index (Phi) is 2.41. The van der Waals surface area contributed by atoms with Gasteiger partial charge in [0, 0.05) is 12.4 Å². The van der Waals surface area contributed by atoms with Crippen LogP contribution >= 0.6 is 0 Å². The molecule has 0 fully saturated rings. The summed E-state index contributed by atoms with van der Waals surface area (Å²) < 4.78 is 2.07. The highest BCUT2D eigenvalue weighted by Crippen LogP contribution is 2.20. The van der Waals surface area contributed by atoms with Crippen molar-refractivity contribution < 1.29 is 0 Å². The van der Waals surface area contributed by atoms with Crippen molar-refractivity contribution in [3.05, 3.63) is 60.6 Å². The van der Waals surface area contributed by atoms with Crippen LogP contribution in [0.4, 0.5) is 0 Å². The first-order chi connectivity index (χ1) is 8.36. The molecule has 0 atom stereocenters. The molecule has 2 nitrogen and oxygen atoms in total. The van der Waals surface area contributed by atoms with Crippen LogP contribution in [0.1, 0.15) is 12.6 Å². The predicted molar refractivity (Wildman–Crippen MR) is 70.0 cm³/mol. The van der Waals surface area contributed by atoms with Crippen molar-refractivity contribution in [2.75, 3.05) is 0 Å². The van der Waals surface area contributed by atoms with Crippen LogP contribution < -0.4 is 0 Å². The van der Waals surface area contributed by atoms with E-state index in [2.05, 4.69) is 65.1 Å². The normalized spacial score (nSPS) is 10.9. The molecule has 0 radical (unpaired) electrons. The van der Waals surface area contributed by atoms with Crippen LogP contribution in [0.15, 0.2) is 54.9 Å². The first kappa shape index (κ1) is 10.1. The number of imidazole rings is 1. The van der Waals surface area contributed by atoms with Crippen molar-refractivity contribution in [2.45, 2.75) is 13.3 Å². The molecule has 0 spiro atoms. The second-order valence-electron chi connectivity index (χ2n) is 4.13. The number of rotatable bonds is 2. The summed E-state index contributed by atoms with van der Waals surface area (Å²) in [5, 5.41) is 0. The Labute approximate surface area is 101 Å². The number of benzene rings is 1. The fourth-order valence-electron chi connectivity index (χ4n) is 2.01. The van der Waals surface area contributed by atoms with Gasteiger partial charge in [0.25, 0.3) is 0 Å². The Balaban J connectivity index is 2.13. The predicted octanol–water partition coefficient (Wildman–Crippen LogP) is 3.56. The Morgan fingerprint density at radius 2 is 1.88 bits per heavy atom. The van der Waals surface area contributed by atoms with E-state index in [9.17, 15) is 0 Å². The fraction of sp³-hybridized carbons (Fsp3) is 0.133. The third-order valence-corrected chi connectivity index (χ3v) is 2.98. The zero-order valence-corrected chi connectivity index (χ0v) is 9.80. The molecule has 2 heteroatoms. The van der Waals surface area contributed by atoms with E-state index in [4.69, 9.17) is 0 Å². The van der Waals surface area contributed by atoms with Gasteiger partial charge in [0.05, 0.1) is 5.69 Å². The molecule has 0 aliphatic heterocycles. The van der Waals surface area contributed by atoms with Crippen molar-refractivity contribution in [1.82, 2.24) is 9.38 Å². The number of fused-ring (bicyclic) bond motifs is 1. The largest absolute Gasteiger partial charge is 0.307 e. The molecule has 17 heavy (non-hydrogen) atoms. The van der Waals surface area contributed by atoms with E-state index in [1.807, 2.05) is 6.07 Å². The second kappa shape index (κ2) is 4.06. The summed E-state index contributed by atoms with van der Waals surface area (Å²) in [4.78, 5) is 4.58. The molecule has 3 aromatic rings. The van der Waals surface area contributed by atoms with Crippen molar-refractivity contribution >= 4 is 5.65 Å². The summed E-state index contributed by atoms with van der Waals surface area (Å²) in [5.74, 6) is 0. The average molecular weight is 222 g/mol. The van der Waals surface area contributed by atoms with Crippen LogP contribution in [0.3, 0.4) is 0 Å². The molecule has 0 aliphatic rings. The van der Waals surface area contributed by atoms with Crippen LogP contribution in [0.2, 0.25) is 0 Å². The molecule has 0 unspecified atom stereocenters. The maximum Gasteiger partial charge on any atom is 0.137 e. The summed E-state index contributed by atoms with van der Waals surface area (Å²) in [6.07, 6.45) is 5.14. The summed E-state index contributed by atoms with van der Waals surface area (Å²) in [6.45, 7) is 2.12. The maximum atomic E-state index is 4.58. The van der Waals surface area contributed by atoms with Crippen molar-refractivity contribution in [3.8, 4) is 11.1 Å². The quantitative estimate of drug-likeness (QED) is 0.648. The molecule has 0 N–H and O–H groups in total. The number of aryl methyl sites for hydroxylation is 1. The highest BCUT2D eigenvalue weighted by Gasteiger charge is 2.02. The molecule has 0 bridgehead atoms. The van der Waals surface area contributed by atoms with E-state index in [0.29, 0.717) is 0 Å². The topological polar surface area (TPSA) is 17.3 Å². The molecular weight excluding hydrogens is 208 g/mol. The number of hydrogen-bond acceptors (Lipinski definition) is 1. The molecule has 3 rings (SSSR count). The number of nitrogens with zero attached hydrogens (tertiary/aromatic N) is 2. The van der Waals surface area contributed by atoms with Gasteiger partial charge in [-0.1, -0.05) is 37.3 Å². The molecular formula is C15H14N2. The summed E-state index contributed by atoms with van der Waals surface area (Å²) >= 11 is 0. The van der Waals surface area contributed by atoms with Crippen molar-refractivity contribution in [3.63, 3.8) is 0 Å². The van der Waals surface area contributed by atoms with E-state index in [0.717, 1.165) is 17.8 Å². The van der Waals surface area contributed by atoms with Gasteiger partial charge in [-0.3, -0.25) is 0 Å². The van der Waals surface area contributed by atoms with Gasteiger partial charge < -0.3 is 4.40 Å². The molecule has 84 valence electrons. The third kappa shape index (κ3) is 1.82. The van der Waals surface area contributed by atoms with Crippen molar-refractivity contribution in [2.24, 2.45) is 0 Å². The summed E-state index contributed by atoms with van der Waals surface area (Å²) in [7, 11) is 0. The minimum absolute atomic E-state index is 0.975. The molecule has 0 aliphatic carbocycles. The number of hydrogen-bond donors (Lipinski definition) is 0. The highest BCUT2D eigenvalue weighted by molar-refractivity contribution is 5.67. The Morgan fingerprint density at radius 3 is 2.65 bits per heavy atom. The van der Waals surface area contributed by atoms with Crippen LogP contribution in [0.25, 0.3) is 16.8 Å². The van der Waals surface area contributed by atoms with Gasteiger partial charge >= 0.3 is 0 Å². The standard InChI is InChI=1S/C15H14N2/c1-2-14-11-17-9-8-13(10-15(17)16-14)12-6-4-3-5-7-12/h3-11H,2H2,1H3. The lowest BCUT2D eigenvalue weighted by atomic mass is 10.1. The zero-order valence-electron chi connectivity index (χ0n) is 9.80. The monoisotopic (exact) mass is 222 g/mol. The van der Waals surface area contributed by atoms with Gasteiger partial charge in [0.15, 0.2) is 0 Å². The van der Waals surface area contributed by atoms with Gasteiger partial charge in [-0.15, -0.1) is 0 Å². The number of pyridine rings is 1. The van der Waals surface area contributed by atoms with Crippen LogP contribution in [0, 0.1) is 0 Å². The average Bonchev–Trinajstić information content (AvgIpc) is 2.81. The van der Waals surface area contributed by atoms with E-state index >= 15 is 0 Å². The lowest BCUT2D eigenvalue weighted by Gasteiger charge is -2.01. The smallest absolute Gasteiger partial charge is 0.137 e. The van der Waals surface area contributed by atoms with Crippen molar-refractivity contribution in [1.29, 1.82) is 0 Å². The minimum atomic E-state index is 0.975. The van der Waals surface area contributed by atoms with E-state index in [1.54, 1.807) is 0 Å². The Hall–Kier alpha value is -2.09. The van der Waals surface area contributed by atoms with Gasteiger partial charge in [0.1, 0.15) is 5.65 Å². The zero-order chi connectivity index (χ0) is 11.7. The first-order valence-corrected chi connectivity index (χ1v) is 5.90. The summed E-state index contributed by atoms with van der Waals surface area (Å²) in [5.41, 5.74) is 4.60. The second-order valence-corrected chi connectivity index (χ2v) is 4.13. The Bertz CT molecular complexity index is 638. The van der Waals surface area contributed by atoms with Gasteiger partial charge in [0.2, 0.25) is 0 Å². The van der Waals surface area contributed by atoms with Gasteiger partial charge in [-0.05, 0) is 29.7 Å². The molecule has 0 amide bonds. The molecule has 0 saturated carbocycles. The van der Waals surface area contributed by atoms with E-state index in [-0.39, 0.29) is 0 Å². The lowest BCUT2D eigenvalue weighted by Crippen LogP contribution is -1.84. The fourth-order valence-corrected chi connectivity index (χ4v) is 2.01. The first-order valence-electron chi connectivity index (χ1n) is 5.90. The molecule has 1 aromatic carbocycles. The van der Waals surface area contributed by atoms with Gasteiger partial charge in [-0.25, -0.2) is 4.98 Å². The third-order valence-electron chi connectivity index (χ3n) is 2.98. The van der Waals surface area contributed by atoms with Crippen LogP contribution in [-0.2, 0) is 6.42 Å². The Morgan fingerprint density at radius 1 is 1.06 bits per heavy atom. The lowest BCUT2D eigenvalue weighted by molar-refractivity contribution is 1.07. The van der Waals surface area contributed by atoms with Crippen LogP contribution in [-0.4, -0.2) is 9.38 Å². The maximum absolute atomic E-state index is 4.58.